The van der Waals surface area contributed by atoms with Crippen molar-refractivity contribution in [1.29, 1.82) is 0 Å². The van der Waals surface area contributed by atoms with E-state index in [2.05, 4.69) is 22.2 Å². The Labute approximate surface area is 98.4 Å². The molecule has 1 saturated heterocycles. The number of nitrogens with zero attached hydrogens (tertiary/aromatic N) is 3. The van der Waals surface area contributed by atoms with Crippen molar-refractivity contribution in [2.45, 2.75) is 0 Å². The molecule has 0 bridgehead atoms. The summed E-state index contributed by atoms with van der Waals surface area (Å²) in [7, 11) is 6.16. The topological polar surface area (TPSA) is 38.8 Å². The number of amides is 1. The summed E-state index contributed by atoms with van der Waals surface area (Å²) in [6.07, 6.45) is 0. The molecular weight excluding hydrogens is 204 g/mol. The molecule has 5 heteroatoms. The summed E-state index contributed by atoms with van der Waals surface area (Å²) in [5.41, 5.74) is 0. The molecule has 0 spiro atoms. The second-order valence-electron chi connectivity index (χ2n) is 4.66. The molecule has 94 valence electrons. The molecule has 5 nitrogen and oxygen atoms in total. The molecule has 0 atom stereocenters. The molecule has 1 aliphatic rings. The summed E-state index contributed by atoms with van der Waals surface area (Å²) in [6.45, 7) is 6.02. The summed E-state index contributed by atoms with van der Waals surface area (Å²) in [5, 5.41) is 3.18. The van der Waals surface area contributed by atoms with E-state index >= 15 is 0 Å². The third-order valence-corrected chi connectivity index (χ3v) is 2.87. The van der Waals surface area contributed by atoms with Crippen LogP contribution in [-0.2, 0) is 4.79 Å². The minimum absolute atomic E-state index is 0.229. The van der Waals surface area contributed by atoms with Gasteiger partial charge in [0, 0.05) is 39.3 Å². The minimum Gasteiger partial charge on any atom is -0.339 e. The Morgan fingerprint density at radius 1 is 1.25 bits per heavy atom. The van der Waals surface area contributed by atoms with Gasteiger partial charge >= 0.3 is 0 Å². The zero-order chi connectivity index (χ0) is 12.0. The van der Waals surface area contributed by atoms with Crippen LogP contribution in [0, 0.1) is 0 Å². The second-order valence-corrected chi connectivity index (χ2v) is 4.66. The highest BCUT2D eigenvalue weighted by molar-refractivity contribution is 5.78. The van der Waals surface area contributed by atoms with Gasteiger partial charge in [0.05, 0.1) is 6.54 Å². The fraction of sp³-hybridized carbons (Fsp3) is 0.909. The van der Waals surface area contributed by atoms with Gasteiger partial charge in [-0.1, -0.05) is 0 Å². The van der Waals surface area contributed by atoms with E-state index in [9.17, 15) is 4.79 Å². The van der Waals surface area contributed by atoms with E-state index in [4.69, 9.17) is 0 Å². The SMILES string of the molecule is CN(C)CCNCC(=O)N1CCN(C)CC1. The van der Waals surface area contributed by atoms with Crippen LogP contribution in [0.2, 0.25) is 0 Å². The number of hydrogen-bond acceptors (Lipinski definition) is 4. The van der Waals surface area contributed by atoms with Crippen molar-refractivity contribution in [3.05, 3.63) is 0 Å². The zero-order valence-corrected chi connectivity index (χ0v) is 10.7. The van der Waals surface area contributed by atoms with Crippen LogP contribution in [0.15, 0.2) is 0 Å². The Morgan fingerprint density at radius 2 is 1.88 bits per heavy atom. The Balaban J connectivity index is 2.10. The van der Waals surface area contributed by atoms with E-state index in [1.54, 1.807) is 0 Å². The molecule has 0 aromatic rings. The van der Waals surface area contributed by atoms with E-state index < -0.39 is 0 Å². The lowest BCUT2D eigenvalue weighted by molar-refractivity contribution is -0.131. The molecule has 1 amide bonds. The Bertz CT molecular complexity index is 212. The molecule has 1 rings (SSSR count). The van der Waals surface area contributed by atoms with Crippen molar-refractivity contribution < 1.29 is 4.79 Å². The third-order valence-electron chi connectivity index (χ3n) is 2.87. The van der Waals surface area contributed by atoms with Gasteiger partial charge < -0.3 is 20.0 Å². The molecule has 16 heavy (non-hydrogen) atoms. The first-order valence-electron chi connectivity index (χ1n) is 5.91. The summed E-state index contributed by atoms with van der Waals surface area (Å²) in [5.74, 6) is 0.229. The predicted molar refractivity (Wildman–Crippen MR) is 65.5 cm³/mol. The van der Waals surface area contributed by atoms with Crippen LogP contribution in [0.1, 0.15) is 0 Å². The summed E-state index contributed by atoms with van der Waals surface area (Å²) < 4.78 is 0. The van der Waals surface area contributed by atoms with Gasteiger partial charge in [0.25, 0.3) is 0 Å². The number of carbonyl (C=O) groups is 1. The van der Waals surface area contributed by atoms with Crippen molar-refractivity contribution in [3.63, 3.8) is 0 Å². The van der Waals surface area contributed by atoms with Crippen molar-refractivity contribution in [2.75, 3.05) is 67.0 Å². The molecule has 1 fully saturated rings. The highest BCUT2D eigenvalue weighted by Gasteiger charge is 2.17. The number of piperazine rings is 1. The fourth-order valence-corrected chi connectivity index (χ4v) is 1.67. The van der Waals surface area contributed by atoms with Crippen molar-refractivity contribution >= 4 is 5.91 Å². The molecule has 1 N–H and O–H groups in total. The Morgan fingerprint density at radius 3 is 2.44 bits per heavy atom. The van der Waals surface area contributed by atoms with Gasteiger partial charge in [-0.15, -0.1) is 0 Å². The minimum atomic E-state index is 0.229. The molecule has 1 aliphatic heterocycles. The first-order chi connectivity index (χ1) is 7.59. The number of likely N-dealkylation sites (N-methyl/N-ethyl adjacent to an activating group) is 2. The summed E-state index contributed by atoms with van der Waals surface area (Å²) in [4.78, 5) is 18.1. The first-order valence-corrected chi connectivity index (χ1v) is 5.91. The zero-order valence-electron chi connectivity index (χ0n) is 10.7. The van der Waals surface area contributed by atoms with E-state index in [1.165, 1.54) is 0 Å². The van der Waals surface area contributed by atoms with Crippen LogP contribution in [0.25, 0.3) is 0 Å². The molecule has 0 saturated carbocycles. The molecule has 0 aromatic heterocycles. The van der Waals surface area contributed by atoms with Crippen molar-refractivity contribution in [2.24, 2.45) is 0 Å². The number of nitrogens with one attached hydrogen (secondary N) is 1. The molecule has 0 aromatic carbocycles. The van der Waals surface area contributed by atoms with E-state index in [-0.39, 0.29) is 5.91 Å². The standard InChI is InChI=1S/C11H24N4O/c1-13(2)5-4-12-10-11(16)15-8-6-14(3)7-9-15/h12H,4-10H2,1-3H3. The third kappa shape index (κ3) is 4.92. The van der Waals surface area contributed by atoms with E-state index in [0.29, 0.717) is 6.54 Å². The number of carbonyl (C=O) groups excluding carboxylic acids is 1. The maximum atomic E-state index is 11.8. The van der Waals surface area contributed by atoms with Gasteiger partial charge in [0.1, 0.15) is 0 Å². The Kier molecular flexibility index (Phi) is 5.73. The number of rotatable bonds is 5. The predicted octanol–water partition coefficient (Wildman–Crippen LogP) is -1.09. The van der Waals surface area contributed by atoms with Crippen LogP contribution in [0.4, 0.5) is 0 Å². The largest absolute Gasteiger partial charge is 0.339 e. The second kappa shape index (κ2) is 6.83. The van der Waals surface area contributed by atoms with Gasteiger partial charge in [-0.2, -0.15) is 0 Å². The van der Waals surface area contributed by atoms with Crippen LogP contribution in [0.5, 0.6) is 0 Å². The van der Waals surface area contributed by atoms with Crippen LogP contribution < -0.4 is 5.32 Å². The molecule has 0 aliphatic carbocycles. The highest BCUT2D eigenvalue weighted by atomic mass is 16.2. The molecule has 0 unspecified atom stereocenters. The molecule has 1 heterocycles. The van der Waals surface area contributed by atoms with Crippen LogP contribution >= 0.6 is 0 Å². The lowest BCUT2D eigenvalue weighted by Gasteiger charge is -2.32. The van der Waals surface area contributed by atoms with E-state index in [0.717, 1.165) is 39.3 Å². The van der Waals surface area contributed by atoms with Gasteiger partial charge in [0.2, 0.25) is 5.91 Å². The number of hydrogen-bond donors (Lipinski definition) is 1. The molecule has 0 radical (unpaired) electrons. The van der Waals surface area contributed by atoms with E-state index in [1.807, 2.05) is 19.0 Å². The van der Waals surface area contributed by atoms with Crippen LogP contribution in [-0.4, -0.2) is 87.6 Å². The maximum absolute atomic E-state index is 11.8. The molecular formula is C11H24N4O. The van der Waals surface area contributed by atoms with Gasteiger partial charge in [-0.05, 0) is 21.1 Å². The normalized spacial score (nSPS) is 18.1. The smallest absolute Gasteiger partial charge is 0.236 e. The van der Waals surface area contributed by atoms with Gasteiger partial charge in [0.15, 0.2) is 0 Å². The lowest BCUT2D eigenvalue weighted by Crippen LogP contribution is -2.49. The average Bonchev–Trinajstić information content (AvgIpc) is 2.25. The maximum Gasteiger partial charge on any atom is 0.236 e. The first kappa shape index (κ1) is 13.4. The summed E-state index contributed by atoms with van der Waals surface area (Å²) >= 11 is 0. The monoisotopic (exact) mass is 228 g/mol. The van der Waals surface area contributed by atoms with Crippen molar-refractivity contribution in [1.82, 2.24) is 20.0 Å². The van der Waals surface area contributed by atoms with Crippen molar-refractivity contribution in [3.8, 4) is 0 Å². The quantitative estimate of drug-likeness (QED) is 0.607. The van der Waals surface area contributed by atoms with Gasteiger partial charge in [-0.25, -0.2) is 0 Å². The lowest BCUT2D eigenvalue weighted by atomic mass is 10.3. The van der Waals surface area contributed by atoms with Gasteiger partial charge in [-0.3, -0.25) is 4.79 Å². The van der Waals surface area contributed by atoms with Crippen LogP contribution in [0.3, 0.4) is 0 Å². The Hall–Kier alpha value is -0.650. The highest BCUT2D eigenvalue weighted by Crippen LogP contribution is 1.98. The average molecular weight is 228 g/mol. The fourth-order valence-electron chi connectivity index (χ4n) is 1.67. The summed E-state index contributed by atoms with van der Waals surface area (Å²) in [6, 6.07) is 0.